The number of nitrogens with zero attached hydrogens (tertiary/aromatic N) is 7. The summed E-state index contributed by atoms with van der Waals surface area (Å²) < 4.78 is 12.1. The number of aliphatic hydroxyl groups excluding tert-OH is 3. The van der Waals surface area contributed by atoms with E-state index in [9.17, 15) is 39.9 Å². The number of anilines is 3. The largest absolute Gasteiger partial charge is 0.392 e. The van der Waals surface area contributed by atoms with E-state index in [2.05, 4.69) is 30.1 Å². The second-order valence-electron chi connectivity index (χ2n) is 14.9. The van der Waals surface area contributed by atoms with Crippen LogP contribution in [0.15, 0.2) is 55.0 Å². The van der Waals surface area contributed by atoms with Gasteiger partial charge in [-0.2, -0.15) is 0 Å². The molecule has 3 saturated heterocycles. The highest BCUT2D eigenvalue weighted by Crippen LogP contribution is 2.39. The zero-order valence-corrected chi connectivity index (χ0v) is 29.4. The molecule has 0 spiro atoms. The molecule has 6 fully saturated rings. The number of fused-ring (bicyclic) bond motifs is 6. The van der Waals surface area contributed by atoms with Crippen molar-refractivity contribution in [2.45, 2.75) is 56.8 Å². The molecule has 6 aliphatic rings. The highest BCUT2D eigenvalue weighted by molar-refractivity contribution is 5.49. The third-order valence-electron chi connectivity index (χ3n) is 11.6. The highest BCUT2D eigenvalue weighted by atomic mass is 19.1. The summed E-state index contributed by atoms with van der Waals surface area (Å²) in [4.78, 5) is 35.0. The van der Waals surface area contributed by atoms with Gasteiger partial charge in [0, 0.05) is 75.1 Å². The second kappa shape index (κ2) is 17.0. The second-order valence-corrected chi connectivity index (χ2v) is 14.9. The van der Waals surface area contributed by atoms with Crippen molar-refractivity contribution in [3.05, 3.63) is 81.0 Å². The van der Waals surface area contributed by atoms with E-state index in [1.165, 1.54) is 18.9 Å². The first kappa shape index (κ1) is 38.2. The molecule has 3 aromatic heterocycles. The van der Waals surface area contributed by atoms with Gasteiger partial charge in [-0.15, -0.1) is 0 Å². The van der Waals surface area contributed by atoms with Crippen LogP contribution in [0.2, 0.25) is 0 Å². The van der Waals surface area contributed by atoms with Crippen molar-refractivity contribution < 1.29 is 29.6 Å². The van der Waals surface area contributed by atoms with E-state index < -0.39 is 15.7 Å². The Morgan fingerprint density at radius 1 is 0.623 bits per heavy atom. The van der Waals surface area contributed by atoms with Crippen molar-refractivity contribution in [1.82, 2.24) is 20.3 Å². The number of nitrogens with one attached hydrogen (secondary N) is 1. The monoisotopic (exact) mass is 737 g/mol. The number of rotatable bonds is 4. The Balaban J connectivity index is 0.000000126. The molecule has 3 aliphatic carbocycles. The third-order valence-corrected chi connectivity index (χ3v) is 11.6. The fourth-order valence-electron chi connectivity index (χ4n) is 8.60. The average Bonchev–Trinajstić information content (AvgIpc) is 3.55. The molecule has 16 nitrogen and oxygen atoms in total. The lowest BCUT2D eigenvalue weighted by molar-refractivity contribution is -0.389. The predicted octanol–water partition coefficient (Wildman–Crippen LogP) is 3.17. The number of pyridine rings is 3. The summed E-state index contributed by atoms with van der Waals surface area (Å²) in [6, 6.07) is 9.02. The van der Waals surface area contributed by atoms with Gasteiger partial charge in [0.1, 0.15) is 5.82 Å². The maximum absolute atomic E-state index is 12.1. The summed E-state index contributed by atoms with van der Waals surface area (Å²) in [6.07, 6.45) is 10.9. The lowest BCUT2D eigenvalue weighted by atomic mass is 9.95. The minimum atomic E-state index is -0.681. The number of nitrogen functional groups attached to an aromatic ring is 1. The summed E-state index contributed by atoms with van der Waals surface area (Å²) in [5.41, 5.74) is 7.61. The Labute approximate surface area is 306 Å². The first-order chi connectivity index (χ1) is 25.5. The van der Waals surface area contributed by atoms with Crippen molar-refractivity contribution in [3.63, 3.8) is 0 Å². The number of halogens is 1. The minimum absolute atomic E-state index is 0.0197. The van der Waals surface area contributed by atoms with E-state index in [1.807, 2.05) is 18.3 Å². The summed E-state index contributed by atoms with van der Waals surface area (Å²) >= 11 is 0. The van der Waals surface area contributed by atoms with Gasteiger partial charge in [-0.25, -0.2) is 9.37 Å². The van der Waals surface area contributed by atoms with Crippen molar-refractivity contribution >= 4 is 28.8 Å². The van der Waals surface area contributed by atoms with E-state index >= 15 is 0 Å². The van der Waals surface area contributed by atoms with E-state index in [0.717, 1.165) is 94.7 Å². The lowest BCUT2D eigenvalue weighted by Gasteiger charge is -2.36. The number of hydrogen-bond acceptors (Lipinski definition) is 14. The standard InChI is InChI=1S/C12H15N3O3.C12H17N3O.C7H13NO.C5H3FN2O2/c16-12-8-1-2-9(12)7-14(6-8)10-3-4-11(13-5-10)15(17)18;13-11-4-3-10(5-14-11)15-6-8-1-2-9(7-15)12(8)16;9-7-5-1-2-6(7)4-8-3-5;6-4-1-2-5(7-3-4)8(9)10/h3-5,8-9,12,16H,1-2,6-7H2;3-5,8-9,12,16H,1-2,6-7H2,(H2,13,14);5-9H,1-4H2;1-3H/t2*8-,9+,12?;5-,6+,7?;. The van der Waals surface area contributed by atoms with Crippen LogP contribution in [-0.2, 0) is 0 Å². The molecule has 6 bridgehead atoms. The van der Waals surface area contributed by atoms with E-state index in [4.69, 9.17) is 5.73 Å². The van der Waals surface area contributed by atoms with Gasteiger partial charge in [0.05, 0.1) is 35.9 Å². The first-order valence-electron chi connectivity index (χ1n) is 18.3. The number of aliphatic hydroxyl groups is 3. The molecule has 9 rings (SSSR count). The molecule has 6 N–H and O–H groups in total. The SMILES string of the molecule is Nc1ccc(N2C[C@H]3CC[C@@H](C2)C3O)cn1.O=[N+]([O-])c1ccc(F)cn1.O=[N+]([O-])c1ccc(N2C[C@H]3CC[C@@H](C2)C3O)cn1.OC1[C@@H]2CC[C@H]1CNC2. The summed E-state index contributed by atoms with van der Waals surface area (Å²) in [5, 5.41) is 53.2. The van der Waals surface area contributed by atoms with Crippen LogP contribution in [0.25, 0.3) is 0 Å². The summed E-state index contributed by atoms with van der Waals surface area (Å²) in [6.45, 7) is 5.61. The minimum Gasteiger partial charge on any atom is -0.392 e. The molecule has 3 unspecified atom stereocenters. The Bertz CT molecular complexity index is 1630. The van der Waals surface area contributed by atoms with Gasteiger partial charge in [-0.05, 0) is 94.4 Å². The molecule has 0 amide bonds. The van der Waals surface area contributed by atoms with Crippen LogP contribution in [0, 0.1) is 61.6 Å². The van der Waals surface area contributed by atoms with Crippen LogP contribution >= 0.6 is 0 Å². The van der Waals surface area contributed by atoms with E-state index in [1.54, 1.807) is 12.3 Å². The van der Waals surface area contributed by atoms with Gasteiger partial charge in [0.15, 0.2) is 18.2 Å². The molecule has 0 radical (unpaired) electrons. The predicted molar refractivity (Wildman–Crippen MR) is 194 cm³/mol. The molecule has 0 aromatic carbocycles. The first-order valence-corrected chi connectivity index (χ1v) is 18.3. The van der Waals surface area contributed by atoms with Crippen LogP contribution < -0.4 is 20.9 Å². The quantitative estimate of drug-likeness (QED) is 0.191. The Morgan fingerprint density at radius 2 is 1.02 bits per heavy atom. The molecule has 9 atom stereocenters. The van der Waals surface area contributed by atoms with Crippen molar-refractivity contribution in [3.8, 4) is 0 Å². The van der Waals surface area contributed by atoms with Gasteiger partial charge in [0.2, 0.25) is 0 Å². The number of nitrogens with two attached hydrogens (primary N) is 1. The molecule has 3 aliphatic heterocycles. The van der Waals surface area contributed by atoms with Gasteiger partial charge in [-0.1, -0.05) is 0 Å². The van der Waals surface area contributed by atoms with Crippen LogP contribution in [0.3, 0.4) is 0 Å². The topological polar surface area (TPSA) is 230 Å². The molecular weight excluding hydrogens is 689 g/mol. The normalized spacial score (nSPS) is 30.5. The van der Waals surface area contributed by atoms with Gasteiger partial charge in [-0.3, -0.25) is 0 Å². The smallest absolute Gasteiger partial charge is 0.363 e. The number of hydrogen-bond donors (Lipinski definition) is 5. The number of piperidine rings is 3. The van der Waals surface area contributed by atoms with E-state index in [0.29, 0.717) is 41.3 Å². The van der Waals surface area contributed by atoms with Crippen molar-refractivity contribution in [1.29, 1.82) is 0 Å². The van der Waals surface area contributed by atoms with Gasteiger partial charge < -0.3 is 56.4 Å². The molecule has 3 aromatic rings. The molecule has 6 heterocycles. The molecule has 53 heavy (non-hydrogen) atoms. The Kier molecular flexibility index (Phi) is 12.3. The van der Waals surface area contributed by atoms with E-state index in [-0.39, 0.29) is 29.9 Å². The fourth-order valence-corrected chi connectivity index (χ4v) is 8.60. The maximum atomic E-state index is 12.1. The van der Waals surface area contributed by atoms with Crippen LogP contribution in [0.4, 0.5) is 33.2 Å². The zero-order valence-electron chi connectivity index (χ0n) is 29.4. The molecule has 17 heteroatoms. The van der Waals surface area contributed by atoms with Gasteiger partial charge >= 0.3 is 11.6 Å². The lowest BCUT2D eigenvalue weighted by Crippen LogP contribution is -2.44. The zero-order chi connectivity index (χ0) is 37.6. The number of aromatic nitrogens is 3. The Hall–Kier alpha value is -4.58. The summed E-state index contributed by atoms with van der Waals surface area (Å²) in [7, 11) is 0. The van der Waals surface area contributed by atoms with Crippen LogP contribution in [0.1, 0.15) is 38.5 Å². The van der Waals surface area contributed by atoms with Gasteiger partial charge in [0.25, 0.3) is 0 Å². The number of nitro groups is 2. The maximum Gasteiger partial charge on any atom is 0.363 e. The van der Waals surface area contributed by atoms with Crippen LogP contribution in [-0.4, -0.2) is 97.7 Å². The highest BCUT2D eigenvalue weighted by Gasteiger charge is 2.42. The Morgan fingerprint density at radius 3 is 1.38 bits per heavy atom. The molecule has 286 valence electrons. The average molecular weight is 738 g/mol. The summed E-state index contributed by atoms with van der Waals surface area (Å²) in [5.74, 6) is 2.20. The van der Waals surface area contributed by atoms with Crippen LogP contribution in [0.5, 0.6) is 0 Å². The van der Waals surface area contributed by atoms with Crippen molar-refractivity contribution in [2.24, 2.45) is 35.5 Å². The third kappa shape index (κ3) is 9.33. The fraction of sp³-hybridized carbons (Fsp3) is 0.583. The van der Waals surface area contributed by atoms with Crippen molar-refractivity contribution in [2.75, 3.05) is 54.8 Å². The molecular formula is C36H48FN9O7. The molecule has 3 saturated carbocycles.